The first kappa shape index (κ1) is 14.8. The lowest BCUT2D eigenvalue weighted by Crippen LogP contribution is -2.47. The van der Waals surface area contributed by atoms with Gasteiger partial charge in [0.2, 0.25) is 0 Å². The number of amides is 2. The van der Waals surface area contributed by atoms with Crippen molar-refractivity contribution in [1.29, 1.82) is 0 Å². The molecule has 1 N–H and O–H groups in total. The summed E-state index contributed by atoms with van der Waals surface area (Å²) >= 11 is 0. The lowest BCUT2D eigenvalue weighted by atomic mass is 10.0. The maximum Gasteiger partial charge on any atom is 0.320 e. The number of urea groups is 1. The maximum absolute atomic E-state index is 12.3. The first-order chi connectivity index (χ1) is 8.40. The second-order valence-electron chi connectivity index (χ2n) is 5.20. The van der Waals surface area contributed by atoms with Gasteiger partial charge in [0, 0.05) is 25.7 Å². The molecule has 0 saturated carbocycles. The van der Waals surface area contributed by atoms with Gasteiger partial charge in [-0.25, -0.2) is 4.79 Å². The Labute approximate surface area is 109 Å². The van der Waals surface area contributed by atoms with Gasteiger partial charge in [0.05, 0.1) is 5.92 Å². The van der Waals surface area contributed by atoms with E-state index in [0.717, 1.165) is 12.8 Å². The number of carbonyl (C=O) groups excluding carboxylic acids is 1. The molecule has 1 aliphatic heterocycles. The van der Waals surface area contributed by atoms with E-state index in [2.05, 4.69) is 6.92 Å². The van der Waals surface area contributed by atoms with Gasteiger partial charge >= 0.3 is 12.0 Å². The van der Waals surface area contributed by atoms with Gasteiger partial charge in [0.15, 0.2) is 0 Å². The normalized spacial score (nSPS) is 25.0. The molecule has 2 amide bonds. The molecule has 1 fully saturated rings. The molecule has 5 heteroatoms. The van der Waals surface area contributed by atoms with Crippen molar-refractivity contribution in [3.8, 4) is 0 Å². The highest BCUT2D eigenvalue weighted by atomic mass is 16.4. The molecule has 104 valence electrons. The topological polar surface area (TPSA) is 60.9 Å². The minimum Gasteiger partial charge on any atom is -0.481 e. The monoisotopic (exact) mass is 256 g/mol. The van der Waals surface area contributed by atoms with Gasteiger partial charge in [-0.1, -0.05) is 13.3 Å². The van der Waals surface area contributed by atoms with Gasteiger partial charge in [-0.05, 0) is 26.7 Å². The third-order valence-corrected chi connectivity index (χ3v) is 3.99. The van der Waals surface area contributed by atoms with Crippen LogP contribution >= 0.6 is 0 Å². The summed E-state index contributed by atoms with van der Waals surface area (Å²) in [6, 6.07) is -0.0722. The van der Waals surface area contributed by atoms with Crippen LogP contribution in [0.1, 0.15) is 40.0 Å². The Morgan fingerprint density at radius 3 is 2.56 bits per heavy atom. The predicted molar refractivity (Wildman–Crippen MR) is 69.4 cm³/mol. The quantitative estimate of drug-likeness (QED) is 0.837. The van der Waals surface area contributed by atoms with Gasteiger partial charge in [0.25, 0.3) is 0 Å². The fraction of sp³-hybridized carbons (Fsp3) is 0.846. The lowest BCUT2D eigenvalue weighted by Gasteiger charge is -2.32. The standard InChI is InChI=1S/C13H24N2O3/c1-5-6-9(2)14(4)13(18)15-8-7-11(10(15)3)12(16)17/h9-11H,5-8H2,1-4H3,(H,16,17). The number of aliphatic carboxylic acids is 1. The molecule has 1 aliphatic rings. The van der Waals surface area contributed by atoms with Crippen LogP contribution in [0.4, 0.5) is 4.79 Å². The van der Waals surface area contributed by atoms with E-state index >= 15 is 0 Å². The minimum atomic E-state index is -0.804. The van der Waals surface area contributed by atoms with Gasteiger partial charge < -0.3 is 14.9 Å². The summed E-state index contributed by atoms with van der Waals surface area (Å²) < 4.78 is 0. The van der Waals surface area contributed by atoms with E-state index in [0.29, 0.717) is 13.0 Å². The van der Waals surface area contributed by atoms with Gasteiger partial charge in [0.1, 0.15) is 0 Å². The van der Waals surface area contributed by atoms with Crippen LogP contribution in [0.5, 0.6) is 0 Å². The molecule has 1 heterocycles. The molecule has 0 aromatic rings. The van der Waals surface area contributed by atoms with Crippen LogP contribution < -0.4 is 0 Å². The summed E-state index contributed by atoms with van der Waals surface area (Å²) in [5.41, 5.74) is 0. The maximum atomic E-state index is 12.3. The molecule has 0 aromatic carbocycles. The number of carbonyl (C=O) groups is 2. The molecule has 0 bridgehead atoms. The number of nitrogens with zero attached hydrogens (tertiary/aromatic N) is 2. The van der Waals surface area contributed by atoms with E-state index < -0.39 is 11.9 Å². The molecule has 3 atom stereocenters. The molecule has 0 aliphatic carbocycles. The Morgan fingerprint density at radius 1 is 1.50 bits per heavy atom. The Kier molecular flexibility index (Phi) is 4.99. The SMILES string of the molecule is CCCC(C)N(C)C(=O)N1CCC(C(=O)O)C1C. The highest BCUT2D eigenvalue weighted by molar-refractivity contribution is 5.78. The Bertz CT molecular complexity index is 319. The zero-order chi connectivity index (χ0) is 13.9. The smallest absolute Gasteiger partial charge is 0.320 e. The molecular formula is C13H24N2O3. The highest BCUT2D eigenvalue weighted by Crippen LogP contribution is 2.25. The van der Waals surface area contributed by atoms with Crippen molar-refractivity contribution in [3.63, 3.8) is 0 Å². The summed E-state index contributed by atoms with van der Waals surface area (Å²) in [6.07, 6.45) is 2.55. The van der Waals surface area contributed by atoms with Crippen LogP contribution in [-0.2, 0) is 4.79 Å². The fourth-order valence-corrected chi connectivity index (χ4v) is 2.54. The Hall–Kier alpha value is -1.26. The molecule has 0 spiro atoms. The first-order valence-electron chi connectivity index (χ1n) is 6.66. The molecule has 0 aromatic heterocycles. The molecule has 1 rings (SSSR count). The van der Waals surface area contributed by atoms with Crippen molar-refractivity contribution in [2.75, 3.05) is 13.6 Å². The van der Waals surface area contributed by atoms with E-state index in [4.69, 9.17) is 5.11 Å². The van der Waals surface area contributed by atoms with E-state index in [9.17, 15) is 9.59 Å². The summed E-state index contributed by atoms with van der Waals surface area (Å²) in [4.78, 5) is 26.7. The zero-order valence-corrected chi connectivity index (χ0v) is 11.7. The number of carboxylic acid groups (broad SMARTS) is 1. The second-order valence-corrected chi connectivity index (χ2v) is 5.20. The van der Waals surface area contributed by atoms with Gasteiger partial charge in [-0.15, -0.1) is 0 Å². The van der Waals surface area contributed by atoms with E-state index in [1.807, 2.05) is 13.8 Å². The number of rotatable bonds is 4. The van der Waals surface area contributed by atoms with Crippen molar-refractivity contribution >= 4 is 12.0 Å². The molecular weight excluding hydrogens is 232 g/mol. The summed E-state index contributed by atoms with van der Waals surface area (Å²) in [5.74, 6) is -1.23. The van der Waals surface area contributed by atoms with Crippen molar-refractivity contribution in [2.45, 2.75) is 52.1 Å². The summed E-state index contributed by atoms with van der Waals surface area (Å²) in [7, 11) is 1.80. The number of carboxylic acids is 1. The van der Waals surface area contributed by atoms with Gasteiger partial charge in [-0.2, -0.15) is 0 Å². The Morgan fingerprint density at radius 2 is 2.11 bits per heavy atom. The largest absolute Gasteiger partial charge is 0.481 e. The van der Waals surface area contributed by atoms with Crippen LogP contribution in [0.2, 0.25) is 0 Å². The molecule has 0 radical (unpaired) electrons. The number of likely N-dealkylation sites (tertiary alicyclic amines) is 1. The van der Waals surface area contributed by atoms with Crippen LogP contribution in [0.3, 0.4) is 0 Å². The molecule has 18 heavy (non-hydrogen) atoms. The lowest BCUT2D eigenvalue weighted by molar-refractivity contribution is -0.142. The molecule has 5 nitrogen and oxygen atoms in total. The van der Waals surface area contributed by atoms with Crippen molar-refractivity contribution in [3.05, 3.63) is 0 Å². The fourth-order valence-electron chi connectivity index (χ4n) is 2.54. The second kappa shape index (κ2) is 6.07. The zero-order valence-electron chi connectivity index (χ0n) is 11.7. The van der Waals surface area contributed by atoms with E-state index in [1.165, 1.54) is 0 Å². The predicted octanol–water partition coefficient (Wildman–Crippen LogP) is 2.02. The molecule has 1 saturated heterocycles. The molecule has 3 unspecified atom stereocenters. The third kappa shape index (κ3) is 2.94. The highest BCUT2D eigenvalue weighted by Gasteiger charge is 2.39. The number of hydrogen-bond donors (Lipinski definition) is 1. The first-order valence-corrected chi connectivity index (χ1v) is 6.66. The average Bonchev–Trinajstić information content (AvgIpc) is 2.69. The van der Waals surface area contributed by atoms with Crippen molar-refractivity contribution in [2.24, 2.45) is 5.92 Å². The third-order valence-electron chi connectivity index (χ3n) is 3.99. The van der Waals surface area contributed by atoms with E-state index in [-0.39, 0.29) is 18.1 Å². The van der Waals surface area contributed by atoms with E-state index in [1.54, 1.807) is 16.8 Å². The minimum absolute atomic E-state index is 0.0489. The van der Waals surface area contributed by atoms with Gasteiger partial charge in [-0.3, -0.25) is 4.79 Å². The van der Waals surface area contributed by atoms with Crippen LogP contribution in [0.25, 0.3) is 0 Å². The summed E-state index contributed by atoms with van der Waals surface area (Å²) in [5, 5.41) is 9.06. The average molecular weight is 256 g/mol. The number of hydrogen-bond acceptors (Lipinski definition) is 2. The van der Waals surface area contributed by atoms with Crippen LogP contribution in [0, 0.1) is 5.92 Å². The van der Waals surface area contributed by atoms with Crippen molar-refractivity contribution in [1.82, 2.24) is 9.80 Å². The summed E-state index contributed by atoms with van der Waals surface area (Å²) in [6.45, 7) is 6.48. The van der Waals surface area contributed by atoms with Crippen LogP contribution in [0.15, 0.2) is 0 Å². The van der Waals surface area contributed by atoms with Crippen LogP contribution in [-0.4, -0.2) is 52.6 Å². The van der Waals surface area contributed by atoms with Crippen molar-refractivity contribution < 1.29 is 14.7 Å². The Balaban J connectivity index is 2.65.